The quantitative estimate of drug-likeness (QED) is 0.808. The molecule has 1 heterocycles. The maximum atomic E-state index is 12.5. The number of aryl methyl sites for hydroxylation is 1. The zero-order valence-corrected chi connectivity index (χ0v) is 12.7. The first-order valence-electron chi connectivity index (χ1n) is 6.67. The van der Waals surface area contributed by atoms with Crippen molar-refractivity contribution < 1.29 is 4.79 Å². The van der Waals surface area contributed by atoms with E-state index in [9.17, 15) is 4.79 Å². The van der Waals surface area contributed by atoms with Gasteiger partial charge in [0.1, 0.15) is 0 Å². The van der Waals surface area contributed by atoms with Gasteiger partial charge in [-0.05, 0) is 43.4 Å². The predicted molar refractivity (Wildman–Crippen MR) is 77.8 cm³/mol. The Bertz CT molecular complexity index is 436. The Morgan fingerprint density at radius 3 is 2.67 bits per heavy atom. The van der Waals surface area contributed by atoms with Crippen LogP contribution in [0.2, 0.25) is 0 Å². The number of hydrogen-bond donors (Lipinski definition) is 0. The number of carbonyl (C=O) groups excluding carboxylic acids is 1. The molecule has 1 saturated heterocycles. The van der Waals surface area contributed by atoms with Gasteiger partial charge in [0.05, 0.1) is 0 Å². The second-order valence-electron chi connectivity index (χ2n) is 5.10. The third kappa shape index (κ3) is 2.94. The average molecular weight is 310 g/mol. The fourth-order valence-electron chi connectivity index (χ4n) is 2.54. The van der Waals surface area contributed by atoms with Crippen molar-refractivity contribution in [3.63, 3.8) is 0 Å². The van der Waals surface area contributed by atoms with Crippen molar-refractivity contribution in [3.05, 3.63) is 33.8 Å². The van der Waals surface area contributed by atoms with Gasteiger partial charge in [-0.2, -0.15) is 0 Å². The first-order chi connectivity index (χ1) is 8.61. The Hall–Kier alpha value is -0.830. The summed E-state index contributed by atoms with van der Waals surface area (Å²) in [7, 11) is 0. The smallest absolute Gasteiger partial charge is 0.254 e. The van der Waals surface area contributed by atoms with Gasteiger partial charge in [-0.3, -0.25) is 4.79 Å². The number of rotatable bonds is 2. The number of benzene rings is 1. The third-order valence-corrected chi connectivity index (χ3v) is 4.40. The molecule has 1 aliphatic heterocycles. The molecule has 1 aromatic carbocycles. The van der Waals surface area contributed by atoms with Gasteiger partial charge in [0, 0.05) is 23.1 Å². The molecule has 2 nitrogen and oxygen atoms in total. The van der Waals surface area contributed by atoms with Crippen molar-refractivity contribution >= 4 is 21.8 Å². The van der Waals surface area contributed by atoms with Crippen molar-refractivity contribution in [2.75, 3.05) is 13.1 Å². The monoisotopic (exact) mass is 309 g/mol. The van der Waals surface area contributed by atoms with Crippen LogP contribution in [0.15, 0.2) is 22.7 Å². The lowest BCUT2D eigenvalue weighted by molar-refractivity contribution is 0.0688. The molecular formula is C15H20BrNO. The number of amides is 1. The molecule has 0 spiro atoms. The lowest BCUT2D eigenvalue weighted by Gasteiger charge is -2.32. The molecule has 1 aliphatic rings. The van der Waals surface area contributed by atoms with Crippen LogP contribution in [0.1, 0.15) is 42.1 Å². The first-order valence-corrected chi connectivity index (χ1v) is 7.46. The second kappa shape index (κ2) is 5.87. The van der Waals surface area contributed by atoms with Crippen LogP contribution >= 0.6 is 15.9 Å². The van der Waals surface area contributed by atoms with E-state index in [2.05, 4.69) is 22.9 Å². The molecule has 0 aliphatic carbocycles. The number of hydrogen-bond acceptors (Lipinski definition) is 1. The Morgan fingerprint density at radius 1 is 1.39 bits per heavy atom. The Labute approximate surface area is 117 Å². The fourth-order valence-corrected chi connectivity index (χ4v) is 2.90. The first kappa shape index (κ1) is 13.6. The van der Waals surface area contributed by atoms with Crippen LogP contribution in [-0.2, 0) is 0 Å². The molecule has 0 aromatic heterocycles. The van der Waals surface area contributed by atoms with Gasteiger partial charge >= 0.3 is 0 Å². The van der Waals surface area contributed by atoms with Crippen LogP contribution in [0.4, 0.5) is 0 Å². The molecule has 3 heteroatoms. The molecule has 0 unspecified atom stereocenters. The van der Waals surface area contributed by atoms with E-state index in [1.165, 1.54) is 6.42 Å². The van der Waals surface area contributed by atoms with Crippen LogP contribution in [0.5, 0.6) is 0 Å². The molecule has 18 heavy (non-hydrogen) atoms. The topological polar surface area (TPSA) is 20.3 Å². The SMILES string of the molecule is CCC1CCN(C(=O)c2cc(Br)ccc2C)CC1. The highest BCUT2D eigenvalue weighted by atomic mass is 79.9. The summed E-state index contributed by atoms with van der Waals surface area (Å²) in [5.41, 5.74) is 1.89. The molecule has 1 amide bonds. The molecule has 2 rings (SSSR count). The summed E-state index contributed by atoms with van der Waals surface area (Å²) < 4.78 is 0.972. The normalized spacial score (nSPS) is 16.9. The predicted octanol–water partition coefficient (Wildman–Crippen LogP) is 4.02. The van der Waals surface area contributed by atoms with E-state index in [1.807, 2.05) is 30.0 Å². The summed E-state index contributed by atoms with van der Waals surface area (Å²) in [4.78, 5) is 14.5. The zero-order valence-electron chi connectivity index (χ0n) is 11.1. The molecule has 0 saturated carbocycles. The number of nitrogens with zero attached hydrogens (tertiary/aromatic N) is 1. The Balaban J connectivity index is 2.10. The molecular weight excluding hydrogens is 290 g/mol. The van der Waals surface area contributed by atoms with Crippen LogP contribution in [-0.4, -0.2) is 23.9 Å². The highest BCUT2D eigenvalue weighted by Crippen LogP contribution is 2.23. The van der Waals surface area contributed by atoms with Gasteiger partial charge in [-0.1, -0.05) is 35.3 Å². The second-order valence-corrected chi connectivity index (χ2v) is 6.02. The van der Waals surface area contributed by atoms with E-state index >= 15 is 0 Å². The van der Waals surface area contributed by atoms with Crippen LogP contribution < -0.4 is 0 Å². The van der Waals surface area contributed by atoms with E-state index in [0.29, 0.717) is 0 Å². The summed E-state index contributed by atoms with van der Waals surface area (Å²) in [6.07, 6.45) is 3.53. The summed E-state index contributed by atoms with van der Waals surface area (Å²) in [6, 6.07) is 5.91. The maximum absolute atomic E-state index is 12.5. The summed E-state index contributed by atoms with van der Waals surface area (Å²) in [5, 5.41) is 0. The molecule has 1 aromatic rings. The van der Waals surface area contributed by atoms with Gasteiger partial charge in [0.15, 0.2) is 0 Å². The molecule has 0 bridgehead atoms. The van der Waals surface area contributed by atoms with Crippen molar-refractivity contribution in [2.45, 2.75) is 33.1 Å². The molecule has 98 valence electrons. The molecule has 0 atom stereocenters. The van der Waals surface area contributed by atoms with E-state index in [0.717, 1.165) is 47.4 Å². The zero-order chi connectivity index (χ0) is 13.1. The summed E-state index contributed by atoms with van der Waals surface area (Å²) >= 11 is 3.44. The molecule has 0 N–H and O–H groups in total. The number of piperidine rings is 1. The summed E-state index contributed by atoms with van der Waals surface area (Å²) in [5.74, 6) is 0.987. The van der Waals surface area contributed by atoms with Crippen molar-refractivity contribution in [1.82, 2.24) is 4.90 Å². The third-order valence-electron chi connectivity index (χ3n) is 3.91. The van der Waals surface area contributed by atoms with Crippen LogP contribution in [0.25, 0.3) is 0 Å². The van der Waals surface area contributed by atoms with Crippen molar-refractivity contribution in [3.8, 4) is 0 Å². The summed E-state index contributed by atoms with van der Waals surface area (Å²) in [6.45, 7) is 6.05. The van der Waals surface area contributed by atoms with Crippen molar-refractivity contribution in [2.24, 2.45) is 5.92 Å². The van der Waals surface area contributed by atoms with Crippen molar-refractivity contribution in [1.29, 1.82) is 0 Å². The van der Waals surface area contributed by atoms with Gasteiger partial charge < -0.3 is 4.90 Å². The van der Waals surface area contributed by atoms with Gasteiger partial charge in [-0.15, -0.1) is 0 Å². The highest BCUT2D eigenvalue weighted by molar-refractivity contribution is 9.10. The van der Waals surface area contributed by atoms with Crippen LogP contribution in [0.3, 0.4) is 0 Å². The van der Waals surface area contributed by atoms with Gasteiger partial charge in [-0.25, -0.2) is 0 Å². The molecule has 1 fully saturated rings. The van der Waals surface area contributed by atoms with E-state index in [4.69, 9.17) is 0 Å². The Kier molecular flexibility index (Phi) is 4.44. The average Bonchev–Trinajstić information content (AvgIpc) is 2.41. The minimum atomic E-state index is 0.184. The number of likely N-dealkylation sites (tertiary alicyclic amines) is 1. The maximum Gasteiger partial charge on any atom is 0.254 e. The standard InChI is InChI=1S/C15H20BrNO/c1-3-12-6-8-17(9-7-12)15(18)14-10-13(16)5-4-11(14)2/h4-5,10,12H,3,6-9H2,1-2H3. The lowest BCUT2D eigenvalue weighted by atomic mass is 9.94. The minimum absolute atomic E-state index is 0.184. The van der Waals surface area contributed by atoms with Gasteiger partial charge in [0.25, 0.3) is 5.91 Å². The Morgan fingerprint density at radius 2 is 2.06 bits per heavy atom. The number of carbonyl (C=O) groups is 1. The fraction of sp³-hybridized carbons (Fsp3) is 0.533. The highest BCUT2D eigenvalue weighted by Gasteiger charge is 2.23. The number of halogens is 1. The largest absolute Gasteiger partial charge is 0.339 e. The molecule has 0 radical (unpaired) electrons. The van der Waals surface area contributed by atoms with E-state index in [1.54, 1.807) is 0 Å². The lowest BCUT2D eigenvalue weighted by Crippen LogP contribution is -2.38. The minimum Gasteiger partial charge on any atom is -0.339 e. The van der Waals surface area contributed by atoms with E-state index in [-0.39, 0.29) is 5.91 Å². The van der Waals surface area contributed by atoms with Crippen LogP contribution in [0, 0.1) is 12.8 Å². The van der Waals surface area contributed by atoms with E-state index < -0.39 is 0 Å². The van der Waals surface area contributed by atoms with Gasteiger partial charge in [0.2, 0.25) is 0 Å².